The van der Waals surface area contributed by atoms with E-state index in [0.717, 1.165) is 12.8 Å². The van der Waals surface area contributed by atoms with Crippen molar-refractivity contribution in [3.63, 3.8) is 0 Å². The largest absolute Gasteiger partial charge is 2.00 e. The van der Waals surface area contributed by atoms with Crippen molar-refractivity contribution < 1.29 is 16.5 Å². The summed E-state index contributed by atoms with van der Waals surface area (Å²) >= 11 is 0. The van der Waals surface area contributed by atoms with Gasteiger partial charge in [0.1, 0.15) is 0 Å². The summed E-state index contributed by atoms with van der Waals surface area (Å²) in [5, 5.41) is 0. The van der Waals surface area contributed by atoms with Gasteiger partial charge < -0.3 is 0 Å². The van der Waals surface area contributed by atoms with Gasteiger partial charge in [0.05, 0.1) is 35.0 Å². The summed E-state index contributed by atoms with van der Waals surface area (Å²) in [6.07, 6.45) is 60.1. The van der Waals surface area contributed by atoms with Crippen molar-refractivity contribution in [3.05, 3.63) is 71.9 Å². The van der Waals surface area contributed by atoms with Gasteiger partial charge in [0.2, 0.25) is 0 Å². The fourth-order valence-electron chi connectivity index (χ4n) is 9.15. The molecule has 0 bridgehead atoms. The molecule has 0 aromatic carbocycles. The van der Waals surface area contributed by atoms with Gasteiger partial charge in [-0.15, -0.1) is 12.2 Å². The first-order chi connectivity index (χ1) is 20.9. The molecule has 6 aliphatic carbocycles. The first-order valence-electron chi connectivity index (χ1n) is 18.4. The first-order valence-corrected chi connectivity index (χ1v) is 22.2. The maximum absolute atomic E-state index is 3.23. The molecule has 0 N–H and O–H groups in total. The van der Waals surface area contributed by atoms with Gasteiger partial charge in [0.15, 0.2) is 0 Å². The molecular formula is C40H62NiP2+2. The van der Waals surface area contributed by atoms with Crippen LogP contribution >= 0.6 is 15.8 Å². The summed E-state index contributed by atoms with van der Waals surface area (Å²) in [4.78, 5) is 0. The standard InChI is InChI=1S/C26H48P2.C14H12.Ni/c1-5-13-23(14-6-1)27(24-15-7-2-8-16-24)21-22-28(25-17-9-3-10-18-25)26-19-11-4-12-20-26;1-2-6-10-13(9-5-1)14-11-7-3-4-8-12-14;/h23-26H,1-22H2;1-5,7,9,11H,10,12H2;/q;-2;+2/p+2. The van der Waals surface area contributed by atoms with Crippen LogP contribution in [-0.4, -0.2) is 35.0 Å². The Morgan fingerprint density at radius 1 is 0.442 bits per heavy atom. The van der Waals surface area contributed by atoms with Gasteiger partial charge in [-0.25, -0.2) is 24.3 Å². The molecule has 240 valence electrons. The van der Waals surface area contributed by atoms with Crippen LogP contribution in [0, 0.1) is 12.2 Å². The molecule has 4 fully saturated rings. The fraction of sp³-hybridized carbons (Fsp3) is 0.700. The molecule has 0 aliphatic heterocycles. The second-order valence-electron chi connectivity index (χ2n) is 14.2. The van der Waals surface area contributed by atoms with Crippen LogP contribution in [-0.2, 0) is 16.5 Å². The summed E-state index contributed by atoms with van der Waals surface area (Å²) in [6.45, 7) is 0. The van der Waals surface area contributed by atoms with Crippen molar-refractivity contribution >= 4 is 15.8 Å². The second kappa shape index (κ2) is 20.8. The Morgan fingerprint density at radius 3 is 1.05 bits per heavy atom. The number of rotatable bonds is 8. The van der Waals surface area contributed by atoms with Crippen LogP contribution in [0.5, 0.6) is 0 Å². The molecular weight excluding hydrogens is 601 g/mol. The molecule has 0 aromatic heterocycles. The Morgan fingerprint density at radius 2 is 0.744 bits per heavy atom. The van der Waals surface area contributed by atoms with Crippen molar-refractivity contribution in [2.75, 3.05) is 12.3 Å². The third-order valence-electron chi connectivity index (χ3n) is 11.5. The monoisotopic (exact) mass is 662 g/mol. The molecule has 0 unspecified atom stereocenters. The van der Waals surface area contributed by atoms with Crippen molar-refractivity contribution in [1.82, 2.24) is 0 Å². The molecule has 6 aliphatic rings. The Balaban J connectivity index is 0.000000238. The van der Waals surface area contributed by atoms with Crippen LogP contribution < -0.4 is 0 Å². The van der Waals surface area contributed by atoms with E-state index in [-0.39, 0.29) is 32.3 Å². The van der Waals surface area contributed by atoms with E-state index in [1.165, 1.54) is 33.8 Å². The van der Waals surface area contributed by atoms with Gasteiger partial charge in [-0.05, 0) is 103 Å². The van der Waals surface area contributed by atoms with Crippen LogP contribution in [0.3, 0.4) is 0 Å². The predicted molar refractivity (Wildman–Crippen MR) is 193 cm³/mol. The minimum atomic E-state index is -0.0909. The van der Waals surface area contributed by atoms with Gasteiger partial charge in [-0.2, -0.15) is 0 Å². The van der Waals surface area contributed by atoms with E-state index in [9.17, 15) is 0 Å². The normalized spacial score (nSPS) is 24.5. The van der Waals surface area contributed by atoms with E-state index >= 15 is 0 Å². The molecule has 0 saturated heterocycles. The fourth-order valence-corrected chi connectivity index (χ4v) is 19.0. The molecule has 0 aromatic rings. The zero-order valence-electron chi connectivity index (χ0n) is 27.2. The van der Waals surface area contributed by atoms with E-state index < -0.39 is 0 Å². The molecule has 0 nitrogen and oxygen atoms in total. The Kier molecular flexibility index (Phi) is 17.3. The van der Waals surface area contributed by atoms with E-state index in [4.69, 9.17) is 0 Å². The number of allylic oxidation sites excluding steroid dienone is 12. The van der Waals surface area contributed by atoms with Crippen LogP contribution in [0.15, 0.2) is 59.8 Å². The predicted octanol–water partition coefficient (Wildman–Crippen LogP) is 12.2. The minimum Gasteiger partial charge on any atom is -0.271 e. The van der Waals surface area contributed by atoms with Gasteiger partial charge in [-0.3, -0.25) is 12.2 Å². The Hall–Kier alpha value is -0.206. The Labute approximate surface area is 279 Å². The molecule has 6 rings (SSSR count). The van der Waals surface area contributed by atoms with E-state index in [0.29, 0.717) is 0 Å². The van der Waals surface area contributed by atoms with Crippen molar-refractivity contribution in [1.29, 1.82) is 0 Å². The quantitative estimate of drug-likeness (QED) is 0.138. The van der Waals surface area contributed by atoms with Gasteiger partial charge in [0, 0.05) is 15.8 Å². The van der Waals surface area contributed by atoms with Crippen LogP contribution in [0.25, 0.3) is 0 Å². The Bertz CT molecular complexity index is 833. The summed E-state index contributed by atoms with van der Waals surface area (Å²) in [7, 11) is -0.182. The third kappa shape index (κ3) is 11.8. The van der Waals surface area contributed by atoms with Crippen LogP contribution in [0.1, 0.15) is 141 Å². The average Bonchev–Trinajstić information content (AvgIpc) is 3.51. The van der Waals surface area contributed by atoms with E-state index in [1.807, 2.05) is 24.3 Å². The maximum Gasteiger partial charge on any atom is 2.00 e. The zero-order chi connectivity index (χ0) is 28.7. The van der Waals surface area contributed by atoms with Crippen molar-refractivity contribution in [2.24, 2.45) is 0 Å². The molecule has 0 atom stereocenters. The van der Waals surface area contributed by atoms with Crippen molar-refractivity contribution in [3.8, 4) is 0 Å². The van der Waals surface area contributed by atoms with E-state index in [1.54, 1.807) is 141 Å². The minimum absolute atomic E-state index is 0. The molecule has 43 heavy (non-hydrogen) atoms. The first kappa shape index (κ1) is 35.6. The average molecular weight is 664 g/mol. The molecule has 0 amide bonds. The zero-order valence-corrected chi connectivity index (χ0v) is 30.2. The SMILES string of the molecule is C1CCC([PH+](CC[PH+](C2CCCCC2)C2CCCCC2)C2CCCCC2)CC1.[C-]1=CC=CC=C(C2=CC=CC=[C-]C2)C1.[Ni+2]. The van der Waals surface area contributed by atoms with Crippen molar-refractivity contribution in [2.45, 2.75) is 164 Å². The van der Waals surface area contributed by atoms with Crippen LogP contribution in [0.4, 0.5) is 0 Å². The van der Waals surface area contributed by atoms with Gasteiger partial charge >= 0.3 is 16.5 Å². The second-order valence-corrected chi connectivity index (χ2v) is 20.8. The summed E-state index contributed by atoms with van der Waals surface area (Å²) in [5.41, 5.74) is 7.57. The van der Waals surface area contributed by atoms with Gasteiger partial charge in [-0.1, -0.05) is 61.8 Å². The molecule has 3 heteroatoms. The third-order valence-corrected chi connectivity index (χ3v) is 20.1. The summed E-state index contributed by atoms with van der Waals surface area (Å²) in [6, 6.07) is 0. The molecule has 0 heterocycles. The van der Waals surface area contributed by atoms with E-state index in [2.05, 4.69) is 36.5 Å². The number of hydrogen-bond donors (Lipinski definition) is 0. The molecule has 0 spiro atoms. The smallest absolute Gasteiger partial charge is 0.271 e. The summed E-state index contributed by atoms with van der Waals surface area (Å²) in [5.74, 6) is 0. The molecule has 0 radical (unpaired) electrons. The molecule has 4 saturated carbocycles. The summed E-state index contributed by atoms with van der Waals surface area (Å²) < 4.78 is 0. The maximum atomic E-state index is 3.23. The van der Waals surface area contributed by atoms with Crippen LogP contribution in [0.2, 0.25) is 0 Å². The van der Waals surface area contributed by atoms with Gasteiger partial charge in [0.25, 0.3) is 0 Å². The number of hydrogen-bond acceptors (Lipinski definition) is 0. The topological polar surface area (TPSA) is 0 Å².